The number of hydrogen-bond donors (Lipinski definition) is 0. The van der Waals surface area contributed by atoms with Crippen LogP contribution in [0.25, 0.3) is 11.3 Å². The first-order valence-electron chi connectivity index (χ1n) is 5.68. The summed E-state index contributed by atoms with van der Waals surface area (Å²) in [6, 6.07) is 3.97. The highest BCUT2D eigenvalue weighted by Gasteiger charge is 2.13. The van der Waals surface area contributed by atoms with Crippen LogP contribution in [-0.4, -0.2) is 17.1 Å². The van der Waals surface area contributed by atoms with Crippen LogP contribution in [0.1, 0.15) is 16.7 Å². The van der Waals surface area contributed by atoms with Gasteiger partial charge >= 0.3 is 0 Å². The second kappa shape index (κ2) is 5.06. The number of rotatable bonds is 2. The van der Waals surface area contributed by atoms with Gasteiger partial charge in [-0.1, -0.05) is 0 Å². The Labute approximate surface area is 115 Å². The number of nitrogens with zero attached hydrogens (tertiary/aromatic N) is 2. The standard InChI is InChI=1S/C14H15BrN2O/c1-8-7-12(18-4)9(2)10(3)13(8)11-5-6-16-14(15)17-11/h5-7H,1-4H3. The van der Waals surface area contributed by atoms with Crippen molar-refractivity contribution in [2.24, 2.45) is 0 Å². The van der Waals surface area contributed by atoms with Crippen molar-refractivity contribution >= 4 is 15.9 Å². The van der Waals surface area contributed by atoms with Gasteiger partial charge in [-0.2, -0.15) is 0 Å². The minimum Gasteiger partial charge on any atom is -0.496 e. The van der Waals surface area contributed by atoms with E-state index in [2.05, 4.69) is 46.7 Å². The summed E-state index contributed by atoms with van der Waals surface area (Å²) in [7, 11) is 1.70. The third-order valence-electron chi connectivity index (χ3n) is 3.15. The monoisotopic (exact) mass is 306 g/mol. The lowest BCUT2D eigenvalue weighted by molar-refractivity contribution is 0.411. The van der Waals surface area contributed by atoms with Crippen molar-refractivity contribution in [1.29, 1.82) is 0 Å². The zero-order valence-corrected chi connectivity index (χ0v) is 12.5. The quantitative estimate of drug-likeness (QED) is 0.791. The van der Waals surface area contributed by atoms with Gasteiger partial charge in [-0.15, -0.1) is 0 Å². The molecule has 1 heterocycles. The highest BCUT2D eigenvalue weighted by atomic mass is 79.9. The Kier molecular flexibility index (Phi) is 3.66. The van der Waals surface area contributed by atoms with Gasteiger partial charge in [-0.3, -0.25) is 0 Å². The van der Waals surface area contributed by atoms with E-state index in [1.54, 1.807) is 13.3 Å². The molecule has 0 N–H and O–H groups in total. The van der Waals surface area contributed by atoms with E-state index in [0.717, 1.165) is 28.1 Å². The van der Waals surface area contributed by atoms with Crippen molar-refractivity contribution in [2.45, 2.75) is 20.8 Å². The molecule has 18 heavy (non-hydrogen) atoms. The minimum absolute atomic E-state index is 0.604. The Morgan fingerprint density at radius 1 is 1.17 bits per heavy atom. The van der Waals surface area contributed by atoms with Crippen LogP contribution in [0.15, 0.2) is 23.1 Å². The average molecular weight is 307 g/mol. The largest absolute Gasteiger partial charge is 0.496 e. The molecule has 2 rings (SSSR count). The van der Waals surface area contributed by atoms with Gasteiger partial charge in [0.15, 0.2) is 4.73 Å². The first-order chi connectivity index (χ1) is 8.54. The van der Waals surface area contributed by atoms with E-state index in [1.807, 2.05) is 12.1 Å². The maximum Gasteiger partial charge on any atom is 0.197 e. The van der Waals surface area contributed by atoms with E-state index in [1.165, 1.54) is 5.56 Å². The van der Waals surface area contributed by atoms with Crippen LogP contribution >= 0.6 is 15.9 Å². The van der Waals surface area contributed by atoms with Crippen LogP contribution in [0, 0.1) is 20.8 Å². The topological polar surface area (TPSA) is 35.0 Å². The lowest BCUT2D eigenvalue weighted by atomic mass is 9.95. The first-order valence-corrected chi connectivity index (χ1v) is 6.47. The van der Waals surface area contributed by atoms with Gasteiger partial charge in [-0.05, 0) is 65.5 Å². The molecule has 0 aliphatic rings. The Morgan fingerprint density at radius 3 is 2.50 bits per heavy atom. The molecule has 0 aliphatic heterocycles. The van der Waals surface area contributed by atoms with Gasteiger partial charge in [0.25, 0.3) is 0 Å². The SMILES string of the molecule is COc1cc(C)c(-c2ccnc(Br)n2)c(C)c1C. The number of aryl methyl sites for hydroxylation is 1. The van der Waals surface area contributed by atoms with Crippen molar-refractivity contribution in [2.75, 3.05) is 7.11 Å². The molecule has 0 radical (unpaired) electrons. The van der Waals surface area contributed by atoms with Gasteiger partial charge in [0, 0.05) is 11.8 Å². The minimum atomic E-state index is 0.604. The van der Waals surface area contributed by atoms with E-state index in [-0.39, 0.29) is 0 Å². The van der Waals surface area contributed by atoms with Crippen molar-refractivity contribution < 1.29 is 4.74 Å². The highest BCUT2D eigenvalue weighted by Crippen LogP contribution is 2.33. The maximum absolute atomic E-state index is 5.38. The summed E-state index contributed by atoms with van der Waals surface area (Å²) in [5, 5.41) is 0. The molecule has 0 saturated heterocycles. The number of aromatic nitrogens is 2. The summed E-state index contributed by atoms with van der Waals surface area (Å²) in [6.07, 6.45) is 1.75. The number of methoxy groups -OCH3 is 1. The van der Waals surface area contributed by atoms with Crippen molar-refractivity contribution in [3.05, 3.63) is 39.8 Å². The molecular weight excluding hydrogens is 292 g/mol. The molecule has 94 valence electrons. The van der Waals surface area contributed by atoms with Crippen molar-refractivity contribution in [1.82, 2.24) is 9.97 Å². The highest BCUT2D eigenvalue weighted by molar-refractivity contribution is 9.10. The predicted molar refractivity (Wildman–Crippen MR) is 75.9 cm³/mol. The van der Waals surface area contributed by atoms with E-state index in [4.69, 9.17) is 4.74 Å². The van der Waals surface area contributed by atoms with Crippen LogP contribution in [0.3, 0.4) is 0 Å². The summed E-state index contributed by atoms with van der Waals surface area (Å²) in [6.45, 7) is 6.23. The van der Waals surface area contributed by atoms with Crippen LogP contribution < -0.4 is 4.74 Å². The Hall–Kier alpha value is -1.42. The number of hydrogen-bond acceptors (Lipinski definition) is 3. The zero-order chi connectivity index (χ0) is 13.3. The molecule has 3 nitrogen and oxygen atoms in total. The Bertz CT molecular complexity index is 597. The maximum atomic E-state index is 5.38. The zero-order valence-electron chi connectivity index (χ0n) is 10.9. The molecule has 0 amide bonds. The van der Waals surface area contributed by atoms with Gasteiger partial charge in [-0.25, -0.2) is 9.97 Å². The molecule has 2 aromatic rings. The molecule has 0 spiro atoms. The predicted octanol–water partition coefficient (Wildman–Crippen LogP) is 3.84. The van der Waals surface area contributed by atoms with Crippen molar-refractivity contribution in [3.63, 3.8) is 0 Å². The third-order valence-corrected chi connectivity index (χ3v) is 3.53. The van der Waals surface area contributed by atoms with E-state index in [9.17, 15) is 0 Å². The first kappa shape index (κ1) is 13.0. The smallest absolute Gasteiger partial charge is 0.197 e. The molecule has 0 aliphatic carbocycles. The number of halogens is 1. The Morgan fingerprint density at radius 2 is 1.89 bits per heavy atom. The molecule has 0 atom stereocenters. The summed E-state index contributed by atoms with van der Waals surface area (Å²) >= 11 is 3.31. The molecule has 0 fully saturated rings. The van der Waals surface area contributed by atoms with Crippen LogP contribution in [0.2, 0.25) is 0 Å². The van der Waals surface area contributed by atoms with Crippen molar-refractivity contribution in [3.8, 4) is 17.0 Å². The molecule has 1 aromatic heterocycles. The summed E-state index contributed by atoms with van der Waals surface area (Å²) in [5.41, 5.74) is 5.57. The number of ether oxygens (including phenoxy) is 1. The molecular formula is C14H15BrN2O. The fourth-order valence-electron chi connectivity index (χ4n) is 2.13. The van der Waals surface area contributed by atoms with Crippen LogP contribution in [-0.2, 0) is 0 Å². The normalized spacial score (nSPS) is 10.5. The van der Waals surface area contributed by atoms with E-state index >= 15 is 0 Å². The lowest BCUT2D eigenvalue weighted by Crippen LogP contribution is -1.98. The molecule has 1 aromatic carbocycles. The third kappa shape index (κ3) is 2.25. The second-order valence-corrected chi connectivity index (χ2v) is 4.94. The van der Waals surface area contributed by atoms with Crippen LogP contribution in [0.5, 0.6) is 5.75 Å². The second-order valence-electron chi connectivity index (χ2n) is 4.23. The Balaban J connectivity index is 2.69. The lowest BCUT2D eigenvalue weighted by Gasteiger charge is -2.15. The van der Waals surface area contributed by atoms with Gasteiger partial charge in [0.1, 0.15) is 5.75 Å². The fraction of sp³-hybridized carbons (Fsp3) is 0.286. The fourth-order valence-corrected chi connectivity index (χ4v) is 2.43. The molecule has 0 bridgehead atoms. The van der Waals surface area contributed by atoms with Gasteiger partial charge in [0.05, 0.1) is 12.8 Å². The molecule has 4 heteroatoms. The van der Waals surface area contributed by atoms with Crippen LogP contribution in [0.4, 0.5) is 0 Å². The van der Waals surface area contributed by atoms with E-state index < -0.39 is 0 Å². The van der Waals surface area contributed by atoms with Gasteiger partial charge < -0.3 is 4.74 Å². The summed E-state index contributed by atoms with van der Waals surface area (Å²) < 4.78 is 5.98. The average Bonchev–Trinajstić information content (AvgIpc) is 2.34. The number of benzene rings is 1. The van der Waals surface area contributed by atoms with E-state index in [0.29, 0.717) is 4.73 Å². The van der Waals surface area contributed by atoms with Gasteiger partial charge in [0.2, 0.25) is 0 Å². The molecule has 0 unspecified atom stereocenters. The summed E-state index contributed by atoms with van der Waals surface area (Å²) in [4.78, 5) is 8.49. The summed E-state index contributed by atoms with van der Waals surface area (Å²) in [5.74, 6) is 0.918. The molecule has 0 saturated carbocycles.